The van der Waals surface area contributed by atoms with Gasteiger partial charge in [-0.05, 0) is 32.4 Å². The summed E-state index contributed by atoms with van der Waals surface area (Å²) in [6.07, 6.45) is 2.74. The molecule has 5 heteroatoms. The highest BCUT2D eigenvalue weighted by Crippen LogP contribution is 2.07. The fourth-order valence-electron chi connectivity index (χ4n) is 2.38. The molecule has 2 heterocycles. The molecule has 3 N–H and O–H groups in total. The summed E-state index contributed by atoms with van der Waals surface area (Å²) in [7, 11) is 0. The molecular formula is C11H21N3O2. The van der Waals surface area contributed by atoms with Gasteiger partial charge in [0.25, 0.3) is 0 Å². The molecule has 92 valence electrons. The van der Waals surface area contributed by atoms with Crippen LogP contribution in [0.3, 0.4) is 0 Å². The predicted octanol–water partition coefficient (Wildman–Crippen LogP) is -1.08. The van der Waals surface area contributed by atoms with Crippen LogP contribution in [0, 0.1) is 0 Å². The van der Waals surface area contributed by atoms with Gasteiger partial charge >= 0.3 is 0 Å². The molecule has 0 spiro atoms. The Balaban J connectivity index is 1.60. The highest BCUT2D eigenvalue weighted by atomic mass is 16.3. The number of hydrogen-bond acceptors (Lipinski definition) is 4. The lowest BCUT2D eigenvalue weighted by Crippen LogP contribution is -2.43. The zero-order valence-electron chi connectivity index (χ0n) is 9.61. The number of β-amino-alcohol motifs (C(OH)–C–C–N with tert-alkyl or cyclic N) is 1. The maximum absolute atomic E-state index is 11.7. The predicted molar refractivity (Wildman–Crippen MR) is 61.1 cm³/mol. The number of nitrogens with zero attached hydrogens (tertiary/aromatic N) is 1. The average Bonchev–Trinajstić information content (AvgIpc) is 2.89. The average molecular weight is 227 g/mol. The molecule has 0 bridgehead atoms. The largest absolute Gasteiger partial charge is 0.392 e. The lowest BCUT2D eigenvalue weighted by molar-refractivity contribution is -0.122. The van der Waals surface area contributed by atoms with E-state index in [4.69, 9.17) is 0 Å². The highest BCUT2D eigenvalue weighted by molar-refractivity contribution is 5.82. The molecule has 0 aromatic rings. The van der Waals surface area contributed by atoms with E-state index in [0.29, 0.717) is 19.5 Å². The van der Waals surface area contributed by atoms with Crippen molar-refractivity contribution in [3.8, 4) is 0 Å². The van der Waals surface area contributed by atoms with Gasteiger partial charge in [-0.3, -0.25) is 4.79 Å². The Morgan fingerprint density at radius 3 is 2.81 bits per heavy atom. The summed E-state index contributed by atoms with van der Waals surface area (Å²) in [5, 5.41) is 15.2. The van der Waals surface area contributed by atoms with Crippen LogP contribution < -0.4 is 10.6 Å². The quantitative estimate of drug-likeness (QED) is 0.572. The molecule has 2 fully saturated rings. The van der Waals surface area contributed by atoms with E-state index in [1.165, 1.54) is 12.8 Å². The Labute approximate surface area is 96.2 Å². The first-order valence-electron chi connectivity index (χ1n) is 6.17. The van der Waals surface area contributed by atoms with Gasteiger partial charge in [0.2, 0.25) is 5.91 Å². The second-order valence-electron chi connectivity index (χ2n) is 4.69. The maximum Gasteiger partial charge on any atom is 0.237 e. The number of carbonyl (C=O) groups excluding carboxylic acids is 1. The molecule has 0 aliphatic carbocycles. The van der Waals surface area contributed by atoms with Gasteiger partial charge in [-0.15, -0.1) is 0 Å². The van der Waals surface area contributed by atoms with E-state index in [-0.39, 0.29) is 18.1 Å². The molecule has 2 atom stereocenters. The molecular weight excluding hydrogens is 206 g/mol. The van der Waals surface area contributed by atoms with Crippen molar-refractivity contribution >= 4 is 5.91 Å². The lowest BCUT2D eigenvalue weighted by Gasteiger charge is -2.16. The molecule has 2 aliphatic heterocycles. The second kappa shape index (κ2) is 5.61. The molecule has 0 saturated carbocycles. The summed E-state index contributed by atoms with van der Waals surface area (Å²) in [6, 6.07) is -0.200. The van der Waals surface area contributed by atoms with Crippen molar-refractivity contribution in [1.29, 1.82) is 0 Å². The van der Waals surface area contributed by atoms with Crippen LogP contribution in [0.5, 0.6) is 0 Å². The van der Waals surface area contributed by atoms with E-state index in [1.807, 2.05) is 0 Å². The molecule has 2 aliphatic rings. The fourth-order valence-corrected chi connectivity index (χ4v) is 2.38. The van der Waals surface area contributed by atoms with E-state index < -0.39 is 0 Å². The minimum absolute atomic E-state index is 0.0238. The Morgan fingerprint density at radius 1 is 1.44 bits per heavy atom. The minimum atomic E-state index is -0.366. The Bertz CT molecular complexity index is 241. The van der Waals surface area contributed by atoms with Crippen LogP contribution in [0.25, 0.3) is 0 Å². The number of aliphatic hydroxyl groups is 1. The number of likely N-dealkylation sites (tertiary alicyclic amines) is 1. The first kappa shape index (κ1) is 11.8. The third kappa shape index (κ3) is 3.17. The van der Waals surface area contributed by atoms with E-state index in [0.717, 1.165) is 19.6 Å². The monoisotopic (exact) mass is 227 g/mol. The molecule has 2 unspecified atom stereocenters. The van der Waals surface area contributed by atoms with Gasteiger partial charge in [-0.25, -0.2) is 0 Å². The summed E-state index contributed by atoms with van der Waals surface area (Å²) in [5.74, 6) is 0.0238. The molecule has 16 heavy (non-hydrogen) atoms. The molecule has 0 radical (unpaired) electrons. The highest BCUT2D eigenvalue weighted by Gasteiger charge is 2.27. The Kier molecular flexibility index (Phi) is 4.15. The second-order valence-corrected chi connectivity index (χ2v) is 4.69. The number of aliphatic hydroxyl groups excluding tert-OH is 1. The summed E-state index contributed by atoms with van der Waals surface area (Å²) in [6.45, 7) is 4.52. The van der Waals surface area contributed by atoms with Crippen molar-refractivity contribution in [3.05, 3.63) is 0 Å². The minimum Gasteiger partial charge on any atom is -0.392 e. The van der Waals surface area contributed by atoms with Crippen molar-refractivity contribution in [2.75, 3.05) is 32.7 Å². The number of rotatable bonds is 4. The third-order valence-corrected chi connectivity index (χ3v) is 3.35. The first-order valence-corrected chi connectivity index (χ1v) is 6.17. The van der Waals surface area contributed by atoms with E-state index in [1.54, 1.807) is 0 Å². The van der Waals surface area contributed by atoms with Gasteiger partial charge in [0.05, 0.1) is 12.1 Å². The van der Waals surface area contributed by atoms with Crippen molar-refractivity contribution in [2.45, 2.75) is 31.4 Å². The molecule has 0 aromatic carbocycles. The van der Waals surface area contributed by atoms with E-state index in [2.05, 4.69) is 15.5 Å². The van der Waals surface area contributed by atoms with Crippen LogP contribution in [0.1, 0.15) is 19.3 Å². The SMILES string of the molecule is O=C(NCCN1CCCC1)C1CC(O)CN1. The number of amides is 1. The van der Waals surface area contributed by atoms with Crippen LogP contribution >= 0.6 is 0 Å². The number of carbonyl (C=O) groups is 1. The maximum atomic E-state index is 11.7. The number of hydrogen-bond donors (Lipinski definition) is 3. The van der Waals surface area contributed by atoms with Gasteiger partial charge < -0.3 is 20.6 Å². The van der Waals surface area contributed by atoms with E-state index in [9.17, 15) is 9.90 Å². The van der Waals surface area contributed by atoms with Gasteiger partial charge in [-0.1, -0.05) is 0 Å². The third-order valence-electron chi connectivity index (χ3n) is 3.35. The standard InChI is InChI=1S/C11H21N3O2/c15-9-7-10(13-8-9)11(16)12-3-6-14-4-1-2-5-14/h9-10,13,15H,1-8H2,(H,12,16). The molecule has 5 nitrogen and oxygen atoms in total. The van der Waals surface area contributed by atoms with Gasteiger partial charge in [0.1, 0.15) is 0 Å². The molecule has 2 rings (SSSR count). The molecule has 2 saturated heterocycles. The first-order chi connectivity index (χ1) is 7.75. The molecule has 1 amide bonds. The Morgan fingerprint density at radius 2 is 2.19 bits per heavy atom. The van der Waals surface area contributed by atoms with Crippen molar-refractivity contribution in [1.82, 2.24) is 15.5 Å². The van der Waals surface area contributed by atoms with E-state index >= 15 is 0 Å². The van der Waals surface area contributed by atoms with Gasteiger partial charge in [0.15, 0.2) is 0 Å². The van der Waals surface area contributed by atoms with Crippen LogP contribution in [0.4, 0.5) is 0 Å². The summed E-state index contributed by atoms with van der Waals surface area (Å²) < 4.78 is 0. The van der Waals surface area contributed by atoms with Crippen LogP contribution in [-0.4, -0.2) is 60.8 Å². The topological polar surface area (TPSA) is 64.6 Å². The van der Waals surface area contributed by atoms with Gasteiger partial charge in [-0.2, -0.15) is 0 Å². The zero-order valence-corrected chi connectivity index (χ0v) is 9.61. The van der Waals surface area contributed by atoms with Crippen molar-refractivity contribution in [3.63, 3.8) is 0 Å². The number of nitrogens with one attached hydrogen (secondary N) is 2. The summed E-state index contributed by atoms with van der Waals surface area (Å²) in [5.41, 5.74) is 0. The Hall–Kier alpha value is -0.650. The van der Waals surface area contributed by atoms with Crippen LogP contribution in [0.2, 0.25) is 0 Å². The zero-order chi connectivity index (χ0) is 11.4. The van der Waals surface area contributed by atoms with Crippen LogP contribution in [0.15, 0.2) is 0 Å². The summed E-state index contributed by atoms with van der Waals surface area (Å²) >= 11 is 0. The fraction of sp³-hybridized carbons (Fsp3) is 0.909. The normalized spacial score (nSPS) is 30.8. The van der Waals surface area contributed by atoms with Gasteiger partial charge in [0, 0.05) is 19.6 Å². The van der Waals surface area contributed by atoms with Crippen LogP contribution in [-0.2, 0) is 4.79 Å². The van der Waals surface area contributed by atoms with Crippen molar-refractivity contribution in [2.24, 2.45) is 0 Å². The lowest BCUT2D eigenvalue weighted by atomic mass is 10.2. The summed E-state index contributed by atoms with van der Waals surface area (Å²) in [4.78, 5) is 14.0. The molecule has 0 aromatic heterocycles. The van der Waals surface area contributed by atoms with Crippen molar-refractivity contribution < 1.29 is 9.90 Å². The smallest absolute Gasteiger partial charge is 0.237 e.